The van der Waals surface area contributed by atoms with Crippen molar-refractivity contribution < 1.29 is 47.6 Å². The summed E-state index contributed by atoms with van der Waals surface area (Å²) in [6, 6.07) is 0. The second-order valence-corrected chi connectivity index (χ2v) is 4.47. The molecule has 0 aliphatic carbocycles. The monoisotopic (exact) mass is 350 g/mol. The fraction of sp³-hybridized carbons (Fsp3) is 0.714. The standard InChI is InChI=1S/C14H22O10/c1-9(23-13(17)19-3)21-11(15)7-5-6-8-12(16)22-10(2)24-14(18)20-4/h9-10H,5-8H2,1-4H3. The topological polar surface area (TPSA) is 124 Å². The van der Waals surface area contributed by atoms with Crippen LogP contribution in [0.25, 0.3) is 0 Å². The molecule has 0 aliphatic rings. The zero-order chi connectivity index (χ0) is 18.5. The molecule has 0 heterocycles. The van der Waals surface area contributed by atoms with Crippen LogP contribution in [0.5, 0.6) is 0 Å². The van der Waals surface area contributed by atoms with E-state index in [0.29, 0.717) is 12.8 Å². The molecule has 10 heteroatoms. The van der Waals surface area contributed by atoms with E-state index in [1.807, 2.05) is 0 Å². The molecule has 24 heavy (non-hydrogen) atoms. The maximum absolute atomic E-state index is 11.5. The van der Waals surface area contributed by atoms with Gasteiger partial charge in [0.2, 0.25) is 12.6 Å². The fourth-order valence-corrected chi connectivity index (χ4v) is 1.44. The lowest BCUT2D eigenvalue weighted by atomic mass is 10.2. The van der Waals surface area contributed by atoms with Crippen molar-refractivity contribution >= 4 is 24.2 Å². The maximum Gasteiger partial charge on any atom is 0.511 e. The first kappa shape index (κ1) is 21.5. The molecule has 138 valence electrons. The van der Waals surface area contributed by atoms with Crippen LogP contribution in [-0.4, -0.2) is 51.0 Å². The van der Waals surface area contributed by atoms with Gasteiger partial charge < -0.3 is 28.4 Å². The molecule has 2 unspecified atom stereocenters. The van der Waals surface area contributed by atoms with E-state index < -0.39 is 36.8 Å². The summed E-state index contributed by atoms with van der Waals surface area (Å²) in [7, 11) is 2.26. The van der Waals surface area contributed by atoms with E-state index in [1.54, 1.807) is 0 Å². The van der Waals surface area contributed by atoms with Crippen LogP contribution in [0.4, 0.5) is 9.59 Å². The van der Waals surface area contributed by atoms with Crippen molar-refractivity contribution in [1.29, 1.82) is 0 Å². The molecule has 2 atom stereocenters. The van der Waals surface area contributed by atoms with Crippen molar-refractivity contribution in [1.82, 2.24) is 0 Å². The van der Waals surface area contributed by atoms with Gasteiger partial charge in [0.05, 0.1) is 14.2 Å². The van der Waals surface area contributed by atoms with E-state index in [1.165, 1.54) is 13.8 Å². The Bertz CT molecular complexity index is 393. The number of unbranched alkanes of at least 4 members (excludes halogenated alkanes) is 1. The minimum absolute atomic E-state index is 0.0381. The lowest BCUT2D eigenvalue weighted by Crippen LogP contribution is -2.22. The zero-order valence-electron chi connectivity index (χ0n) is 14.1. The molecular weight excluding hydrogens is 328 g/mol. The van der Waals surface area contributed by atoms with E-state index in [0.717, 1.165) is 14.2 Å². The molecule has 0 saturated heterocycles. The van der Waals surface area contributed by atoms with Crippen molar-refractivity contribution in [2.75, 3.05) is 14.2 Å². The molecule has 0 fully saturated rings. The largest absolute Gasteiger partial charge is 0.511 e. The minimum atomic E-state index is -1.06. The smallest absolute Gasteiger partial charge is 0.438 e. The number of hydrogen-bond donors (Lipinski definition) is 0. The summed E-state index contributed by atoms with van der Waals surface area (Å²) in [5, 5.41) is 0. The third kappa shape index (κ3) is 11.1. The van der Waals surface area contributed by atoms with Gasteiger partial charge in [-0.25, -0.2) is 9.59 Å². The Balaban J connectivity index is 3.80. The number of carbonyl (C=O) groups is 4. The number of esters is 2. The van der Waals surface area contributed by atoms with Crippen LogP contribution in [0.2, 0.25) is 0 Å². The van der Waals surface area contributed by atoms with Gasteiger partial charge in [0.1, 0.15) is 0 Å². The maximum atomic E-state index is 11.5. The minimum Gasteiger partial charge on any atom is -0.438 e. The fourth-order valence-electron chi connectivity index (χ4n) is 1.44. The Morgan fingerprint density at radius 3 is 1.29 bits per heavy atom. The predicted molar refractivity (Wildman–Crippen MR) is 76.6 cm³/mol. The Morgan fingerprint density at radius 2 is 1.00 bits per heavy atom. The number of ether oxygens (including phenoxy) is 6. The van der Waals surface area contributed by atoms with Crippen LogP contribution < -0.4 is 0 Å². The lowest BCUT2D eigenvalue weighted by molar-refractivity contribution is -0.170. The Labute approximate surface area is 139 Å². The summed E-state index contributed by atoms with van der Waals surface area (Å²) in [5.74, 6) is -1.16. The van der Waals surface area contributed by atoms with Gasteiger partial charge in [-0.1, -0.05) is 0 Å². The summed E-state index contributed by atoms with van der Waals surface area (Å²) >= 11 is 0. The molecular formula is C14H22O10. The number of rotatable bonds is 9. The van der Waals surface area contributed by atoms with Gasteiger partial charge >= 0.3 is 24.2 Å². The summed E-state index contributed by atoms with van der Waals surface area (Å²) in [5.41, 5.74) is 0. The van der Waals surface area contributed by atoms with Crippen molar-refractivity contribution in [2.45, 2.75) is 52.1 Å². The second kappa shape index (κ2) is 12.0. The molecule has 0 amide bonds. The SMILES string of the molecule is COC(=O)OC(C)OC(=O)CCCCC(=O)OC(C)OC(=O)OC. The molecule has 0 saturated carbocycles. The molecule has 0 aliphatic heterocycles. The van der Waals surface area contributed by atoms with Gasteiger partial charge in [-0.05, 0) is 12.8 Å². The molecule has 0 N–H and O–H groups in total. The summed E-state index contributed by atoms with van der Waals surface area (Å²) in [4.78, 5) is 44.5. The normalized spacial score (nSPS) is 12.3. The summed E-state index contributed by atoms with van der Waals surface area (Å²) in [6.07, 6.45) is -3.23. The van der Waals surface area contributed by atoms with Crippen LogP contribution in [0, 0.1) is 0 Å². The highest BCUT2D eigenvalue weighted by Gasteiger charge is 2.16. The summed E-state index contributed by atoms with van der Waals surface area (Å²) in [6.45, 7) is 2.74. The molecule has 0 radical (unpaired) electrons. The average molecular weight is 350 g/mol. The van der Waals surface area contributed by atoms with Gasteiger partial charge in [-0.3, -0.25) is 9.59 Å². The average Bonchev–Trinajstić information content (AvgIpc) is 2.50. The summed E-state index contributed by atoms with van der Waals surface area (Å²) < 4.78 is 27.2. The van der Waals surface area contributed by atoms with E-state index in [-0.39, 0.29) is 12.8 Å². The van der Waals surface area contributed by atoms with Gasteiger partial charge in [-0.15, -0.1) is 0 Å². The van der Waals surface area contributed by atoms with Crippen molar-refractivity contribution in [3.63, 3.8) is 0 Å². The van der Waals surface area contributed by atoms with Gasteiger partial charge in [-0.2, -0.15) is 0 Å². The quantitative estimate of drug-likeness (QED) is 0.263. The zero-order valence-corrected chi connectivity index (χ0v) is 14.1. The first-order valence-electron chi connectivity index (χ1n) is 7.16. The Kier molecular flexibility index (Phi) is 10.7. The van der Waals surface area contributed by atoms with E-state index >= 15 is 0 Å². The van der Waals surface area contributed by atoms with Gasteiger partial charge in [0, 0.05) is 26.7 Å². The number of hydrogen-bond acceptors (Lipinski definition) is 10. The number of methoxy groups -OCH3 is 2. The highest BCUT2D eigenvalue weighted by Crippen LogP contribution is 2.07. The first-order valence-corrected chi connectivity index (χ1v) is 7.16. The van der Waals surface area contributed by atoms with Gasteiger partial charge in [0.25, 0.3) is 0 Å². The Morgan fingerprint density at radius 1 is 0.667 bits per heavy atom. The highest BCUT2D eigenvalue weighted by molar-refractivity contribution is 5.71. The molecule has 0 rings (SSSR count). The van der Waals surface area contributed by atoms with Crippen molar-refractivity contribution in [3.05, 3.63) is 0 Å². The van der Waals surface area contributed by atoms with Crippen LogP contribution in [0.1, 0.15) is 39.5 Å². The highest BCUT2D eigenvalue weighted by atomic mass is 16.8. The Hall–Kier alpha value is -2.52. The molecule has 0 aromatic heterocycles. The lowest BCUT2D eigenvalue weighted by Gasteiger charge is -2.13. The molecule has 0 spiro atoms. The van der Waals surface area contributed by atoms with Crippen molar-refractivity contribution in [2.24, 2.45) is 0 Å². The van der Waals surface area contributed by atoms with Crippen LogP contribution in [0.15, 0.2) is 0 Å². The third-order valence-electron chi connectivity index (χ3n) is 2.46. The number of carbonyl (C=O) groups excluding carboxylic acids is 4. The van der Waals surface area contributed by atoms with Crippen LogP contribution >= 0.6 is 0 Å². The van der Waals surface area contributed by atoms with E-state index in [9.17, 15) is 19.2 Å². The molecule has 0 bridgehead atoms. The van der Waals surface area contributed by atoms with E-state index in [2.05, 4.69) is 18.9 Å². The second-order valence-electron chi connectivity index (χ2n) is 4.47. The van der Waals surface area contributed by atoms with Crippen LogP contribution in [0.3, 0.4) is 0 Å². The van der Waals surface area contributed by atoms with Crippen LogP contribution in [-0.2, 0) is 38.0 Å². The third-order valence-corrected chi connectivity index (χ3v) is 2.46. The van der Waals surface area contributed by atoms with Gasteiger partial charge in [0.15, 0.2) is 0 Å². The van der Waals surface area contributed by atoms with E-state index in [4.69, 9.17) is 9.47 Å². The first-order chi connectivity index (χ1) is 11.3. The predicted octanol–water partition coefficient (Wildman–Crippen LogP) is 1.89. The van der Waals surface area contributed by atoms with Crippen molar-refractivity contribution in [3.8, 4) is 0 Å². The molecule has 10 nitrogen and oxygen atoms in total. The molecule has 0 aromatic rings. The molecule has 0 aromatic carbocycles.